The van der Waals surface area contributed by atoms with Crippen LogP contribution in [0.2, 0.25) is 0 Å². The second-order valence-corrected chi connectivity index (χ2v) is 4.84. The Morgan fingerprint density at radius 2 is 1.82 bits per heavy atom. The molecule has 2 amide bonds. The van der Waals surface area contributed by atoms with Crippen molar-refractivity contribution in [1.82, 2.24) is 10.6 Å². The van der Waals surface area contributed by atoms with Gasteiger partial charge in [-0.05, 0) is 24.6 Å². The van der Waals surface area contributed by atoms with Crippen molar-refractivity contribution in [2.45, 2.75) is 25.4 Å². The third kappa shape index (κ3) is 5.80. The summed E-state index contributed by atoms with van der Waals surface area (Å²) in [4.78, 5) is 34.1. The number of carboxylic acids is 1. The van der Waals surface area contributed by atoms with Gasteiger partial charge in [0.05, 0.1) is 12.6 Å². The average Bonchev–Trinajstić information content (AvgIpc) is 2.46. The molecule has 1 rings (SSSR count). The van der Waals surface area contributed by atoms with E-state index >= 15 is 0 Å². The number of carboxylic acid groups (broad SMARTS) is 1. The zero-order chi connectivity index (χ0) is 16.7. The van der Waals surface area contributed by atoms with E-state index in [1.54, 1.807) is 12.1 Å². The fourth-order valence-electron chi connectivity index (χ4n) is 1.64. The Morgan fingerprint density at radius 1 is 1.23 bits per heavy atom. The van der Waals surface area contributed by atoms with Crippen molar-refractivity contribution >= 4 is 17.8 Å². The maximum atomic E-state index is 11.7. The maximum absolute atomic E-state index is 11.7. The molecule has 0 aliphatic rings. The summed E-state index contributed by atoms with van der Waals surface area (Å²) in [7, 11) is 0. The van der Waals surface area contributed by atoms with E-state index in [0.29, 0.717) is 5.56 Å². The summed E-state index contributed by atoms with van der Waals surface area (Å²) in [5.74, 6) is -2.25. The zero-order valence-corrected chi connectivity index (χ0v) is 12.1. The van der Waals surface area contributed by atoms with Crippen LogP contribution in [0.15, 0.2) is 24.3 Å². The van der Waals surface area contributed by atoms with Crippen molar-refractivity contribution in [2.75, 3.05) is 6.54 Å². The third-order valence-corrected chi connectivity index (χ3v) is 2.85. The number of carbonyl (C=O) groups is 3. The van der Waals surface area contributed by atoms with Crippen molar-refractivity contribution in [3.05, 3.63) is 29.8 Å². The molecule has 1 aromatic rings. The molecule has 22 heavy (non-hydrogen) atoms. The van der Waals surface area contributed by atoms with Crippen LogP contribution in [0.5, 0.6) is 5.75 Å². The number of nitrogens with one attached hydrogen (secondary N) is 2. The van der Waals surface area contributed by atoms with Crippen molar-refractivity contribution < 1.29 is 24.6 Å². The summed E-state index contributed by atoms with van der Waals surface area (Å²) in [5, 5.41) is 22.9. The van der Waals surface area contributed by atoms with Crippen LogP contribution < -0.4 is 16.4 Å². The smallest absolute Gasteiger partial charge is 0.326 e. The molecule has 0 aromatic heterocycles. The van der Waals surface area contributed by atoms with Crippen LogP contribution in [0, 0.1) is 0 Å². The molecule has 1 aromatic carbocycles. The number of hydrogen-bond donors (Lipinski definition) is 5. The van der Waals surface area contributed by atoms with E-state index in [9.17, 15) is 19.5 Å². The van der Waals surface area contributed by atoms with Gasteiger partial charge in [0.1, 0.15) is 11.8 Å². The van der Waals surface area contributed by atoms with Crippen molar-refractivity contribution in [2.24, 2.45) is 5.73 Å². The molecular formula is C14H19N3O5. The Morgan fingerprint density at radius 3 is 2.32 bits per heavy atom. The molecule has 0 saturated heterocycles. The van der Waals surface area contributed by atoms with Gasteiger partial charge in [-0.15, -0.1) is 0 Å². The Balaban J connectivity index is 2.57. The minimum Gasteiger partial charge on any atom is -0.508 e. The first-order chi connectivity index (χ1) is 10.3. The molecule has 0 aliphatic heterocycles. The fourth-order valence-corrected chi connectivity index (χ4v) is 1.64. The van der Waals surface area contributed by atoms with E-state index in [4.69, 9.17) is 10.8 Å². The van der Waals surface area contributed by atoms with E-state index < -0.39 is 29.9 Å². The lowest BCUT2D eigenvalue weighted by Gasteiger charge is -2.15. The summed E-state index contributed by atoms with van der Waals surface area (Å²) in [6.07, 6.45) is 0.0581. The van der Waals surface area contributed by atoms with Crippen LogP contribution in [-0.2, 0) is 20.8 Å². The number of aromatic hydroxyl groups is 1. The van der Waals surface area contributed by atoms with Gasteiger partial charge in [0.2, 0.25) is 11.8 Å². The Labute approximate surface area is 127 Å². The van der Waals surface area contributed by atoms with Gasteiger partial charge >= 0.3 is 5.97 Å². The number of rotatable bonds is 7. The number of phenols is 1. The van der Waals surface area contributed by atoms with Gasteiger partial charge in [-0.1, -0.05) is 12.1 Å². The van der Waals surface area contributed by atoms with Gasteiger partial charge in [-0.25, -0.2) is 4.79 Å². The van der Waals surface area contributed by atoms with Gasteiger partial charge in [-0.2, -0.15) is 0 Å². The highest BCUT2D eigenvalue weighted by molar-refractivity contribution is 5.89. The van der Waals surface area contributed by atoms with Gasteiger partial charge in [0, 0.05) is 6.42 Å². The molecular weight excluding hydrogens is 290 g/mol. The van der Waals surface area contributed by atoms with Gasteiger partial charge in [-0.3, -0.25) is 9.59 Å². The number of benzene rings is 1. The molecule has 0 fully saturated rings. The lowest BCUT2D eigenvalue weighted by Crippen LogP contribution is -2.48. The zero-order valence-electron chi connectivity index (χ0n) is 12.1. The minimum atomic E-state index is -1.19. The molecule has 120 valence electrons. The topological polar surface area (TPSA) is 142 Å². The highest BCUT2D eigenvalue weighted by atomic mass is 16.4. The molecule has 8 nitrogen and oxygen atoms in total. The molecule has 0 aliphatic carbocycles. The number of aliphatic carboxylic acids is 1. The van der Waals surface area contributed by atoms with E-state index in [1.165, 1.54) is 19.1 Å². The highest BCUT2D eigenvalue weighted by Crippen LogP contribution is 2.11. The summed E-state index contributed by atoms with van der Waals surface area (Å²) in [6, 6.07) is 4.10. The lowest BCUT2D eigenvalue weighted by molar-refractivity contribution is -0.141. The Hall–Kier alpha value is -2.61. The van der Waals surface area contributed by atoms with E-state index in [2.05, 4.69) is 10.6 Å². The van der Waals surface area contributed by atoms with E-state index in [-0.39, 0.29) is 18.7 Å². The first-order valence-electron chi connectivity index (χ1n) is 6.63. The SMILES string of the molecule is CC(N)C(=O)NCC(=O)NC(Cc1ccc(O)cc1)C(=O)O. The molecule has 8 heteroatoms. The third-order valence-electron chi connectivity index (χ3n) is 2.85. The average molecular weight is 309 g/mol. The summed E-state index contributed by atoms with van der Waals surface area (Å²) in [5.41, 5.74) is 5.97. The Bertz CT molecular complexity index is 542. The maximum Gasteiger partial charge on any atom is 0.326 e. The number of nitrogens with two attached hydrogens (primary N) is 1. The second-order valence-electron chi connectivity index (χ2n) is 4.84. The molecule has 0 bridgehead atoms. The number of phenolic OH excluding ortho intramolecular Hbond substituents is 1. The number of carbonyl (C=O) groups excluding carboxylic acids is 2. The van der Waals surface area contributed by atoms with Crippen molar-refractivity contribution in [1.29, 1.82) is 0 Å². The predicted octanol–water partition coefficient (Wildman–Crippen LogP) is -1.03. The summed E-state index contributed by atoms with van der Waals surface area (Å²) in [6.45, 7) is 1.12. The molecule has 0 spiro atoms. The van der Waals surface area contributed by atoms with Crippen molar-refractivity contribution in [3.8, 4) is 5.75 Å². The summed E-state index contributed by atoms with van der Waals surface area (Å²) < 4.78 is 0. The molecule has 0 radical (unpaired) electrons. The standard InChI is InChI=1S/C14H19N3O5/c1-8(15)13(20)16-7-12(19)17-11(14(21)22)6-9-2-4-10(18)5-3-9/h2-5,8,11,18H,6-7,15H2,1H3,(H,16,20)(H,17,19)(H,21,22). The highest BCUT2D eigenvalue weighted by Gasteiger charge is 2.20. The lowest BCUT2D eigenvalue weighted by atomic mass is 10.1. The Kier molecular flexibility index (Phi) is 6.33. The molecule has 2 atom stereocenters. The van der Waals surface area contributed by atoms with Crippen LogP contribution in [-0.4, -0.2) is 46.6 Å². The normalized spacial score (nSPS) is 13.0. The minimum absolute atomic E-state index is 0.0581. The van der Waals surface area contributed by atoms with Gasteiger partial charge < -0.3 is 26.6 Å². The van der Waals surface area contributed by atoms with Crippen LogP contribution in [0.4, 0.5) is 0 Å². The number of amides is 2. The monoisotopic (exact) mass is 309 g/mol. The van der Waals surface area contributed by atoms with Gasteiger partial charge in [0.25, 0.3) is 0 Å². The molecule has 0 saturated carbocycles. The van der Waals surface area contributed by atoms with Crippen LogP contribution in [0.3, 0.4) is 0 Å². The molecule has 0 heterocycles. The molecule has 6 N–H and O–H groups in total. The second kappa shape index (κ2) is 7.99. The van der Waals surface area contributed by atoms with Gasteiger partial charge in [0.15, 0.2) is 0 Å². The predicted molar refractivity (Wildman–Crippen MR) is 78.0 cm³/mol. The van der Waals surface area contributed by atoms with E-state index in [0.717, 1.165) is 0 Å². The van der Waals surface area contributed by atoms with E-state index in [1.807, 2.05) is 0 Å². The number of hydrogen-bond acceptors (Lipinski definition) is 5. The first-order valence-corrected chi connectivity index (χ1v) is 6.63. The largest absolute Gasteiger partial charge is 0.508 e. The quantitative estimate of drug-likeness (QED) is 0.436. The first kappa shape index (κ1) is 17.4. The van der Waals surface area contributed by atoms with Crippen molar-refractivity contribution in [3.63, 3.8) is 0 Å². The van der Waals surface area contributed by atoms with Crippen LogP contribution in [0.1, 0.15) is 12.5 Å². The molecule has 2 unspecified atom stereocenters. The van der Waals surface area contributed by atoms with Crippen LogP contribution >= 0.6 is 0 Å². The fraction of sp³-hybridized carbons (Fsp3) is 0.357. The van der Waals surface area contributed by atoms with Crippen LogP contribution in [0.25, 0.3) is 0 Å². The summed E-state index contributed by atoms with van der Waals surface area (Å²) >= 11 is 0.